The van der Waals surface area contributed by atoms with E-state index in [0.717, 1.165) is 28.2 Å². The molecule has 4 nitrogen and oxygen atoms in total. The van der Waals surface area contributed by atoms with Crippen LogP contribution in [0.2, 0.25) is 10.0 Å². The van der Waals surface area contributed by atoms with Gasteiger partial charge in [0.05, 0.1) is 22.7 Å². The largest absolute Gasteiger partial charge is 0.316 e. The minimum atomic E-state index is -0.154. The van der Waals surface area contributed by atoms with Crippen LogP contribution in [-0.2, 0) is 10.5 Å². The maximum absolute atomic E-state index is 12.0. The van der Waals surface area contributed by atoms with Crippen molar-refractivity contribution >= 4 is 47.1 Å². The van der Waals surface area contributed by atoms with Crippen molar-refractivity contribution in [2.75, 3.05) is 5.75 Å². The van der Waals surface area contributed by atoms with Crippen LogP contribution in [0.1, 0.15) is 22.5 Å². The molecule has 0 fully saturated rings. The maximum atomic E-state index is 12.0. The zero-order chi connectivity index (χ0) is 20.8. The zero-order valence-corrected chi connectivity index (χ0v) is 18.5. The van der Waals surface area contributed by atoms with Gasteiger partial charge in [0.2, 0.25) is 5.91 Å². The number of halogens is 2. The molecule has 7 heteroatoms. The Balaban J connectivity index is 1.58. The van der Waals surface area contributed by atoms with E-state index in [0.29, 0.717) is 21.6 Å². The van der Waals surface area contributed by atoms with Gasteiger partial charge in [0.25, 0.3) is 0 Å². The van der Waals surface area contributed by atoms with E-state index in [1.807, 2.05) is 68.4 Å². The van der Waals surface area contributed by atoms with Gasteiger partial charge >= 0.3 is 0 Å². The molecule has 0 radical (unpaired) electrons. The Bertz CT molecular complexity index is 1050. The Hall–Kier alpha value is -2.21. The fourth-order valence-electron chi connectivity index (χ4n) is 3.00. The van der Waals surface area contributed by atoms with Crippen LogP contribution >= 0.6 is 35.0 Å². The van der Waals surface area contributed by atoms with E-state index in [4.69, 9.17) is 23.2 Å². The first-order valence-corrected chi connectivity index (χ1v) is 11.0. The minimum absolute atomic E-state index is 0.154. The lowest BCUT2D eigenvalue weighted by atomic mass is 10.2. The summed E-state index contributed by atoms with van der Waals surface area (Å²) in [5.41, 5.74) is 7.48. The molecule has 0 atom stereocenters. The Kier molecular flexibility index (Phi) is 7.42. The van der Waals surface area contributed by atoms with Crippen molar-refractivity contribution in [2.24, 2.45) is 5.10 Å². The van der Waals surface area contributed by atoms with E-state index in [1.54, 1.807) is 6.21 Å². The van der Waals surface area contributed by atoms with Crippen LogP contribution in [0.5, 0.6) is 0 Å². The van der Waals surface area contributed by atoms with Crippen LogP contribution in [0.25, 0.3) is 5.69 Å². The van der Waals surface area contributed by atoms with Gasteiger partial charge in [0, 0.05) is 27.7 Å². The van der Waals surface area contributed by atoms with E-state index < -0.39 is 0 Å². The number of carbonyl (C=O) groups is 1. The van der Waals surface area contributed by atoms with Crippen molar-refractivity contribution in [3.05, 3.63) is 87.2 Å². The topological polar surface area (TPSA) is 46.4 Å². The third-order valence-corrected chi connectivity index (χ3v) is 6.07. The molecule has 0 saturated heterocycles. The number of aromatic nitrogens is 1. The van der Waals surface area contributed by atoms with Gasteiger partial charge < -0.3 is 4.57 Å². The van der Waals surface area contributed by atoms with Gasteiger partial charge in [-0.2, -0.15) is 5.10 Å². The molecule has 0 bridgehead atoms. The van der Waals surface area contributed by atoms with Gasteiger partial charge in [0.1, 0.15) is 0 Å². The van der Waals surface area contributed by atoms with Gasteiger partial charge in [-0.15, -0.1) is 11.8 Å². The highest BCUT2D eigenvalue weighted by atomic mass is 35.5. The van der Waals surface area contributed by atoms with Crippen molar-refractivity contribution < 1.29 is 4.79 Å². The summed E-state index contributed by atoms with van der Waals surface area (Å²) < 4.78 is 2.07. The number of nitrogens with one attached hydrogen (secondary N) is 1. The molecule has 1 heterocycles. The number of amides is 1. The quantitative estimate of drug-likeness (QED) is 0.369. The molecule has 2 aromatic carbocycles. The van der Waals surface area contributed by atoms with Gasteiger partial charge in [-0.05, 0) is 43.7 Å². The number of thioether (sulfide) groups is 1. The number of nitrogens with zero attached hydrogens (tertiary/aromatic N) is 2. The van der Waals surface area contributed by atoms with E-state index in [2.05, 4.69) is 15.1 Å². The van der Waals surface area contributed by atoms with Gasteiger partial charge in [-0.1, -0.05) is 53.5 Å². The minimum Gasteiger partial charge on any atom is -0.316 e. The summed E-state index contributed by atoms with van der Waals surface area (Å²) in [6.45, 7) is 4.01. The number of rotatable bonds is 7. The summed E-state index contributed by atoms with van der Waals surface area (Å²) >= 11 is 14.0. The third kappa shape index (κ3) is 5.44. The van der Waals surface area contributed by atoms with Crippen LogP contribution in [-0.4, -0.2) is 22.4 Å². The van der Waals surface area contributed by atoms with Crippen molar-refractivity contribution in [3.8, 4) is 5.69 Å². The van der Waals surface area contributed by atoms with Crippen LogP contribution in [0.4, 0.5) is 0 Å². The Labute approximate surface area is 184 Å². The smallest absolute Gasteiger partial charge is 0.250 e. The van der Waals surface area contributed by atoms with Crippen LogP contribution in [0.15, 0.2) is 59.7 Å². The predicted molar refractivity (Wildman–Crippen MR) is 124 cm³/mol. The molecule has 3 aromatic rings. The lowest BCUT2D eigenvalue weighted by molar-refractivity contribution is -0.118. The number of hydrogen-bond donors (Lipinski definition) is 1. The summed E-state index contributed by atoms with van der Waals surface area (Å²) in [6, 6.07) is 17.3. The Morgan fingerprint density at radius 2 is 1.79 bits per heavy atom. The Morgan fingerprint density at radius 1 is 1.10 bits per heavy atom. The van der Waals surface area contributed by atoms with Gasteiger partial charge in [-0.3, -0.25) is 4.79 Å². The summed E-state index contributed by atoms with van der Waals surface area (Å²) in [7, 11) is 0. The number of hydrazone groups is 1. The highest BCUT2D eigenvalue weighted by Gasteiger charge is 2.11. The van der Waals surface area contributed by atoms with Crippen molar-refractivity contribution in [1.29, 1.82) is 0 Å². The lowest BCUT2D eigenvalue weighted by Gasteiger charge is -2.11. The van der Waals surface area contributed by atoms with Crippen molar-refractivity contribution in [3.63, 3.8) is 0 Å². The van der Waals surface area contributed by atoms with E-state index >= 15 is 0 Å². The summed E-state index contributed by atoms with van der Waals surface area (Å²) in [4.78, 5) is 12.0. The summed E-state index contributed by atoms with van der Waals surface area (Å²) in [6.07, 6.45) is 1.66. The van der Waals surface area contributed by atoms with Crippen LogP contribution < -0.4 is 5.43 Å². The highest BCUT2D eigenvalue weighted by molar-refractivity contribution is 7.99. The second-order valence-electron chi connectivity index (χ2n) is 6.49. The summed E-state index contributed by atoms with van der Waals surface area (Å²) in [5.74, 6) is 0.829. The molecule has 29 heavy (non-hydrogen) atoms. The van der Waals surface area contributed by atoms with Gasteiger partial charge in [0.15, 0.2) is 0 Å². The fourth-order valence-corrected chi connectivity index (χ4v) is 4.32. The molecule has 150 valence electrons. The molecule has 0 aliphatic rings. The predicted octanol–water partition coefficient (Wildman–Crippen LogP) is 5.78. The van der Waals surface area contributed by atoms with E-state index in [9.17, 15) is 4.79 Å². The normalized spacial score (nSPS) is 11.2. The first-order chi connectivity index (χ1) is 14.0. The molecule has 0 aliphatic carbocycles. The zero-order valence-electron chi connectivity index (χ0n) is 16.2. The van der Waals surface area contributed by atoms with E-state index in [-0.39, 0.29) is 5.91 Å². The lowest BCUT2D eigenvalue weighted by Crippen LogP contribution is -2.19. The Morgan fingerprint density at radius 3 is 2.52 bits per heavy atom. The average molecular weight is 446 g/mol. The van der Waals surface area contributed by atoms with Crippen molar-refractivity contribution in [1.82, 2.24) is 9.99 Å². The first-order valence-electron chi connectivity index (χ1n) is 9.04. The molecule has 1 N–H and O–H groups in total. The fraction of sp³-hybridized carbons (Fsp3) is 0.182. The molecule has 0 spiro atoms. The number of benzene rings is 2. The third-order valence-electron chi connectivity index (χ3n) is 4.41. The number of hydrogen-bond acceptors (Lipinski definition) is 3. The molecular formula is C22H21Cl2N3OS. The molecule has 0 aliphatic heterocycles. The molecular weight excluding hydrogens is 425 g/mol. The van der Waals surface area contributed by atoms with Crippen LogP contribution in [0, 0.1) is 13.8 Å². The number of aryl methyl sites for hydroxylation is 1. The van der Waals surface area contributed by atoms with Crippen LogP contribution in [0.3, 0.4) is 0 Å². The summed E-state index contributed by atoms with van der Waals surface area (Å²) in [5, 5.41) is 5.50. The maximum Gasteiger partial charge on any atom is 0.250 e. The molecule has 1 amide bonds. The number of carbonyl (C=O) groups excluding carboxylic acids is 1. The van der Waals surface area contributed by atoms with Crippen molar-refractivity contribution in [2.45, 2.75) is 19.6 Å². The van der Waals surface area contributed by atoms with Gasteiger partial charge in [-0.25, -0.2) is 5.43 Å². The molecule has 1 aromatic heterocycles. The standard InChI is InChI=1S/C22H21Cl2N3OS/c1-15-11-18(16(2)27(15)21-10-6-5-9-20(21)24)12-25-26-22(28)14-29-13-17-7-3-4-8-19(17)23/h3-12H,13-14H2,1-2H3,(H,26,28)/b25-12-. The highest BCUT2D eigenvalue weighted by Crippen LogP contribution is 2.25. The van der Waals surface area contributed by atoms with E-state index in [1.165, 1.54) is 11.8 Å². The second kappa shape index (κ2) is 10.0. The monoisotopic (exact) mass is 445 g/mol. The second-order valence-corrected chi connectivity index (χ2v) is 8.29. The molecule has 0 unspecified atom stereocenters. The molecule has 0 saturated carbocycles. The first kappa shape index (κ1) is 21.5. The average Bonchev–Trinajstić information content (AvgIpc) is 2.97. The SMILES string of the molecule is Cc1cc(/C=N\NC(=O)CSCc2ccccc2Cl)c(C)n1-c1ccccc1Cl. The number of para-hydroxylation sites is 1. The molecule has 3 rings (SSSR count).